The van der Waals surface area contributed by atoms with Gasteiger partial charge in [-0.2, -0.15) is 13.2 Å². The van der Waals surface area contributed by atoms with Crippen LogP contribution in [0.1, 0.15) is 39.9 Å². The van der Waals surface area contributed by atoms with Crippen LogP contribution in [0.3, 0.4) is 0 Å². The number of carbonyl (C=O) groups excluding carboxylic acids is 2. The van der Waals surface area contributed by atoms with Crippen molar-refractivity contribution in [3.05, 3.63) is 107 Å². The molecule has 0 unspecified atom stereocenters. The fourth-order valence-electron chi connectivity index (χ4n) is 4.69. The number of aromatic amines is 1. The number of fused-ring (bicyclic) bond motifs is 1. The average molecular weight is 538 g/mol. The maximum absolute atomic E-state index is 13.8. The van der Waals surface area contributed by atoms with Crippen molar-refractivity contribution in [1.82, 2.24) is 14.8 Å². The maximum Gasteiger partial charge on any atom is 0.416 e. The predicted octanol–water partition coefficient (Wildman–Crippen LogP) is 6.20. The fraction of sp³-hybridized carbons (Fsp3) is 0.267. The number of rotatable bonds is 9. The quantitative estimate of drug-likeness (QED) is 0.259. The van der Waals surface area contributed by atoms with E-state index in [1.807, 2.05) is 30.5 Å². The monoisotopic (exact) mass is 537 g/mol. The van der Waals surface area contributed by atoms with Gasteiger partial charge in [0.05, 0.1) is 5.56 Å². The van der Waals surface area contributed by atoms with Crippen molar-refractivity contribution >= 4 is 22.7 Å². The second-order valence-corrected chi connectivity index (χ2v) is 9.79. The molecule has 1 aliphatic rings. The number of nitrogens with zero attached hydrogens (tertiary/aromatic N) is 2. The number of hydrogen-bond donors (Lipinski definition) is 1. The van der Waals surface area contributed by atoms with Crippen LogP contribution < -0.4 is 0 Å². The van der Waals surface area contributed by atoms with E-state index < -0.39 is 23.5 Å². The molecule has 0 bridgehead atoms. The third-order valence-corrected chi connectivity index (χ3v) is 6.96. The summed E-state index contributed by atoms with van der Waals surface area (Å²) in [5, 5.41) is 1.03. The molecule has 0 radical (unpaired) electrons. The van der Waals surface area contributed by atoms with E-state index in [0.717, 1.165) is 47.5 Å². The highest BCUT2D eigenvalue weighted by atomic mass is 19.4. The van der Waals surface area contributed by atoms with Crippen LogP contribution in [0.15, 0.2) is 79.0 Å². The third-order valence-electron chi connectivity index (χ3n) is 6.96. The molecule has 4 aromatic rings. The minimum Gasteiger partial charge on any atom is -0.361 e. The highest BCUT2D eigenvalue weighted by Crippen LogP contribution is 2.30. The first kappa shape index (κ1) is 26.5. The van der Waals surface area contributed by atoms with Crippen LogP contribution in [0.2, 0.25) is 0 Å². The van der Waals surface area contributed by atoms with Crippen LogP contribution in [-0.2, 0) is 23.9 Å². The van der Waals surface area contributed by atoms with Gasteiger partial charge in [0.1, 0.15) is 12.4 Å². The van der Waals surface area contributed by atoms with Crippen LogP contribution >= 0.6 is 0 Å². The van der Waals surface area contributed by atoms with E-state index >= 15 is 0 Å². The number of alkyl halides is 3. The Labute approximate surface area is 223 Å². The van der Waals surface area contributed by atoms with Gasteiger partial charge in [-0.15, -0.1) is 0 Å². The zero-order valence-electron chi connectivity index (χ0n) is 21.0. The van der Waals surface area contributed by atoms with E-state index in [4.69, 9.17) is 0 Å². The number of hydrogen-bond acceptors (Lipinski definition) is 2. The normalized spacial score (nSPS) is 13.4. The number of aromatic nitrogens is 1. The lowest BCUT2D eigenvalue weighted by molar-refractivity contribution is -0.137. The van der Waals surface area contributed by atoms with Gasteiger partial charge in [-0.1, -0.05) is 36.4 Å². The summed E-state index contributed by atoms with van der Waals surface area (Å²) in [6.45, 7) is 0.189. The van der Waals surface area contributed by atoms with E-state index in [1.54, 1.807) is 4.90 Å². The number of para-hydroxylation sites is 1. The average Bonchev–Trinajstić information content (AvgIpc) is 3.68. The molecule has 202 valence electrons. The summed E-state index contributed by atoms with van der Waals surface area (Å²) in [5.41, 5.74) is 1.93. The van der Waals surface area contributed by atoms with Crippen molar-refractivity contribution < 1.29 is 27.2 Å². The first-order valence-corrected chi connectivity index (χ1v) is 12.7. The lowest BCUT2D eigenvalue weighted by Crippen LogP contribution is -2.44. The van der Waals surface area contributed by atoms with Crippen LogP contribution in [0, 0.1) is 5.82 Å². The molecule has 0 spiro atoms. The second kappa shape index (κ2) is 10.9. The fourth-order valence-corrected chi connectivity index (χ4v) is 4.69. The Hall–Kier alpha value is -4.14. The zero-order chi connectivity index (χ0) is 27.6. The van der Waals surface area contributed by atoms with Gasteiger partial charge in [-0.05, 0) is 66.8 Å². The topological polar surface area (TPSA) is 56.4 Å². The Morgan fingerprint density at radius 1 is 0.949 bits per heavy atom. The first-order valence-electron chi connectivity index (χ1n) is 12.7. The van der Waals surface area contributed by atoms with Crippen molar-refractivity contribution in [3.8, 4) is 0 Å². The van der Waals surface area contributed by atoms with Gasteiger partial charge in [0.2, 0.25) is 5.91 Å². The SMILES string of the molecule is O=C(CN(C(=O)c1cccc(F)c1)C1CC1)N(CCc1c[nH]c2ccccc12)Cc1ccc(C(F)(F)F)cc1. The van der Waals surface area contributed by atoms with Gasteiger partial charge in [0.25, 0.3) is 5.91 Å². The predicted molar refractivity (Wildman–Crippen MR) is 139 cm³/mol. The first-order chi connectivity index (χ1) is 18.7. The Morgan fingerprint density at radius 2 is 1.69 bits per heavy atom. The number of nitrogens with one attached hydrogen (secondary N) is 1. The van der Waals surface area contributed by atoms with Crippen molar-refractivity contribution in [2.75, 3.05) is 13.1 Å². The van der Waals surface area contributed by atoms with Crippen molar-refractivity contribution in [3.63, 3.8) is 0 Å². The molecule has 2 amide bonds. The molecular weight excluding hydrogens is 510 g/mol. The molecule has 39 heavy (non-hydrogen) atoms. The molecule has 1 aliphatic carbocycles. The zero-order valence-corrected chi connectivity index (χ0v) is 21.0. The Balaban J connectivity index is 1.36. The molecule has 9 heteroatoms. The molecule has 5 rings (SSSR count). The van der Waals surface area contributed by atoms with Gasteiger partial charge in [-0.3, -0.25) is 9.59 Å². The van der Waals surface area contributed by atoms with E-state index in [9.17, 15) is 27.2 Å². The number of H-pyrrole nitrogens is 1. The molecule has 0 aliphatic heterocycles. The van der Waals surface area contributed by atoms with E-state index in [2.05, 4.69) is 4.98 Å². The smallest absolute Gasteiger partial charge is 0.361 e. The van der Waals surface area contributed by atoms with E-state index in [0.29, 0.717) is 18.5 Å². The summed E-state index contributed by atoms with van der Waals surface area (Å²) >= 11 is 0. The largest absolute Gasteiger partial charge is 0.416 e. The van der Waals surface area contributed by atoms with Crippen LogP contribution in [0.4, 0.5) is 17.6 Å². The van der Waals surface area contributed by atoms with E-state index in [1.165, 1.54) is 35.2 Å². The standard InChI is InChI=1S/C30H27F4N3O2/c31-24-5-3-4-21(16-24)29(39)37(25-12-13-25)19-28(38)36(18-20-8-10-23(11-9-20)30(32,33)34)15-14-22-17-35-27-7-2-1-6-26(22)27/h1-11,16-17,25,35H,12-15,18-19H2. The van der Waals surface area contributed by atoms with Crippen molar-refractivity contribution in [2.24, 2.45) is 0 Å². The summed E-state index contributed by atoms with van der Waals surface area (Å²) in [5.74, 6) is -1.28. The van der Waals surface area contributed by atoms with Crippen LogP contribution in [0.5, 0.6) is 0 Å². The Bertz CT molecular complexity index is 1480. The van der Waals surface area contributed by atoms with Gasteiger partial charge >= 0.3 is 6.18 Å². The summed E-state index contributed by atoms with van der Waals surface area (Å²) in [6.07, 6.45) is -0.552. The Morgan fingerprint density at radius 3 is 2.38 bits per heavy atom. The molecule has 1 fully saturated rings. The molecule has 0 atom stereocenters. The minimum absolute atomic E-state index is 0.0893. The van der Waals surface area contributed by atoms with E-state index in [-0.39, 0.29) is 30.6 Å². The van der Waals surface area contributed by atoms with Gasteiger partial charge in [-0.25, -0.2) is 4.39 Å². The molecule has 1 heterocycles. The minimum atomic E-state index is -4.45. The van der Waals surface area contributed by atoms with Gasteiger partial charge in [0.15, 0.2) is 0 Å². The molecule has 1 saturated carbocycles. The molecule has 5 nitrogen and oxygen atoms in total. The van der Waals surface area contributed by atoms with Gasteiger partial charge in [0, 0.05) is 41.8 Å². The molecule has 3 aromatic carbocycles. The molecule has 1 aromatic heterocycles. The lowest BCUT2D eigenvalue weighted by Gasteiger charge is -2.28. The maximum atomic E-state index is 13.8. The summed E-state index contributed by atoms with van der Waals surface area (Å²) in [7, 11) is 0. The summed E-state index contributed by atoms with van der Waals surface area (Å²) < 4.78 is 52.9. The number of carbonyl (C=O) groups is 2. The number of amides is 2. The highest BCUT2D eigenvalue weighted by Gasteiger charge is 2.35. The highest BCUT2D eigenvalue weighted by molar-refractivity contribution is 5.97. The third kappa shape index (κ3) is 6.30. The number of halogens is 4. The van der Waals surface area contributed by atoms with Crippen LogP contribution in [0.25, 0.3) is 10.9 Å². The van der Waals surface area contributed by atoms with Gasteiger partial charge < -0.3 is 14.8 Å². The Kier molecular flexibility index (Phi) is 7.41. The number of benzene rings is 3. The molecular formula is C30H27F4N3O2. The van der Waals surface area contributed by atoms with Crippen molar-refractivity contribution in [1.29, 1.82) is 0 Å². The molecule has 1 N–H and O–H groups in total. The lowest BCUT2D eigenvalue weighted by atomic mass is 10.1. The van der Waals surface area contributed by atoms with Crippen LogP contribution in [-0.4, -0.2) is 45.7 Å². The molecule has 0 saturated heterocycles. The second-order valence-electron chi connectivity index (χ2n) is 9.79. The van der Waals surface area contributed by atoms with Crippen molar-refractivity contribution in [2.45, 2.75) is 38.0 Å². The summed E-state index contributed by atoms with van der Waals surface area (Å²) in [6, 6.07) is 17.8. The summed E-state index contributed by atoms with van der Waals surface area (Å²) in [4.78, 5) is 33.1.